The first-order valence-electron chi connectivity index (χ1n) is 7.57. The van der Waals surface area contributed by atoms with Gasteiger partial charge in [0, 0.05) is 19.0 Å². The van der Waals surface area contributed by atoms with Crippen LogP contribution in [0.4, 0.5) is 4.39 Å². The van der Waals surface area contributed by atoms with Crippen LogP contribution >= 0.6 is 0 Å². The van der Waals surface area contributed by atoms with Gasteiger partial charge in [-0.3, -0.25) is 0 Å². The highest BCUT2D eigenvalue weighted by Crippen LogP contribution is 2.32. The van der Waals surface area contributed by atoms with E-state index in [2.05, 4.69) is 11.4 Å². The zero-order valence-corrected chi connectivity index (χ0v) is 11.9. The first-order valence-corrected chi connectivity index (χ1v) is 7.57. The molecular weight excluding hydrogens is 265 g/mol. The maximum atomic E-state index is 13.7. The fraction of sp³-hybridized carbons (Fsp3) is 0.333. The molecule has 0 radical (unpaired) electrons. The Labute approximate surface area is 123 Å². The summed E-state index contributed by atoms with van der Waals surface area (Å²) in [5.41, 5.74) is 4.43. The van der Waals surface area contributed by atoms with Crippen molar-refractivity contribution in [3.63, 3.8) is 0 Å². The Morgan fingerprint density at radius 3 is 2.90 bits per heavy atom. The predicted octanol–water partition coefficient (Wildman–Crippen LogP) is 3.68. The van der Waals surface area contributed by atoms with E-state index in [4.69, 9.17) is 4.74 Å². The molecule has 1 heterocycles. The van der Waals surface area contributed by atoms with E-state index in [1.165, 1.54) is 18.4 Å². The minimum Gasteiger partial charge on any atom is -0.493 e. The maximum Gasteiger partial charge on any atom is 0.123 e. The summed E-state index contributed by atoms with van der Waals surface area (Å²) in [6.45, 7) is 1.55. The summed E-state index contributed by atoms with van der Waals surface area (Å²) < 4.78 is 19.2. The van der Waals surface area contributed by atoms with Crippen molar-refractivity contribution >= 4 is 0 Å². The number of halogens is 1. The summed E-state index contributed by atoms with van der Waals surface area (Å²) in [7, 11) is 0. The Balaban J connectivity index is 1.69. The molecule has 0 saturated heterocycles. The van der Waals surface area contributed by atoms with Crippen molar-refractivity contribution in [1.82, 2.24) is 5.32 Å². The highest BCUT2D eigenvalue weighted by molar-refractivity contribution is 5.69. The van der Waals surface area contributed by atoms with Gasteiger partial charge in [0.15, 0.2) is 0 Å². The molecule has 0 bridgehead atoms. The Morgan fingerprint density at radius 1 is 1.14 bits per heavy atom. The predicted molar refractivity (Wildman–Crippen MR) is 80.9 cm³/mol. The standard InChI is InChI=1S/C18H18FNO/c19-15-3-1-14(11-20-16-4-5-16)17(10-15)12-2-6-18-13(9-12)7-8-21-18/h1-3,6,9-10,16,20H,4-5,7-8,11H2. The lowest BCUT2D eigenvalue weighted by Crippen LogP contribution is -2.16. The zero-order chi connectivity index (χ0) is 14.2. The number of nitrogens with one attached hydrogen (secondary N) is 1. The van der Waals surface area contributed by atoms with Crippen LogP contribution in [0, 0.1) is 5.82 Å². The van der Waals surface area contributed by atoms with Gasteiger partial charge in [-0.05, 0) is 59.4 Å². The molecule has 2 aromatic carbocycles. The SMILES string of the molecule is Fc1ccc(CNC2CC2)c(-c2ccc3c(c2)CCO3)c1. The number of ether oxygens (including phenoxy) is 1. The molecule has 0 atom stereocenters. The molecule has 1 fully saturated rings. The highest BCUT2D eigenvalue weighted by Gasteiger charge is 2.21. The first-order chi connectivity index (χ1) is 10.3. The van der Waals surface area contributed by atoms with Crippen LogP contribution in [-0.2, 0) is 13.0 Å². The topological polar surface area (TPSA) is 21.3 Å². The summed E-state index contributed by atoms with van der Waals surface area (Å²) in [5.74, 6) is 0.782. The van der Waals surface area contributed by atoms with Gasteiger partial charge in [0.1, 0.15) is 11.6 Å². The molecule has 21 heavy (non-hydrogen) atoms. The lowest BCUT2D eigenvalue weighted by molar-refractivity contribution is 0.357. The molecule has 1 aliphatic heterocycles. The van der Waals surface area contributed by atoms with E-state index in [0.717, 1.165) is 42.0 Å². The van der Waals surface area contributed by atoms with Crippen molar-refractivity contribution in [1.29, 1.82) is 0 Å². The number of hydrogen-bond donors (Lipinski definition) is 1. The van der Waals surface area contributed by atoms with Gasteiger partial charge in [0.2, 0.25) is 0 Å². The summed E-state index contributed by atoms with van der Waals surface area (Å²) in [5, 5.41) is 3.51. The molecule has 2 aliphatic rings. The van der Waals surface area contributed by atoms with Gasteiger partial charge in [0.25, 0.3) is 0 Å². The van der Waals surface area contributed by atoms with Gasteiger partial charge in [-0.25, -0.2) is 4.39 Å². The number of benzene rings is 2. The largest absolute Gasteiger partial charge is 0.493 e. The normalized spacial score (nSPS) is 16.6. The van der Waals surface area contributed by atoms with Crippen LogP contribution in [0.15, 0.2) is 36.4 Å². The molecule has 108 valence electrons. The number of rotatable bonds is 4. The van der Waals surface area contributed by atoms with Crippen LogP contribution < -0.4 is 10.1 Å². The molecule has 1 N–H and O–H groups in total. The van der Waals surface area contributed by atoms with Crippen molar-refractivity contribution in [3.8, 4) is 16.9 Å². The van der Waals surface area contributed by atoms with E-state index in [0.29, 0.717) is 6.04 Å². The van der Waals surface area contributed by atoms with Gasteiger partial charge >= 0.3 is 0 Å². The van der Waals surface area contributed by atoms with Gasteiger partial charge in [0.05, 0.1) is 6.61 Å². The molecule has 4 rings (SSSR count). The Hall–Kier alpha value is -1.87. The minimum atomic E-state index is -0.183. The molecule has 2 nitrogen and oxygen atoms in total. The smallest absolute Gasteiger partial charge is 0.123 e. The third-order valence-corrected chi connectivity index (χ3v) is 4.23. The molecule has 1 saturated carbocycles. The van der Waals surface area contributed by atoms with Gasteiger partial charge in [-0.1, -0.05) is 12.1 Å². The molecule has 0 aromatic heterocycles. The van der Waals surface area contributed by atoms with E-state index in [-0.39, 0.29) is 5.82 Å². The average Bonchev–Trinajstić information content (AvgIpc) is 3.21. The van der Waals surface area contributed by atoms with E-state index >= 15 is 0 Å². The van der Waals surface area contributed by atoms with Crippen molar-refractivity contribution in [3.05, 3.63) is 53.3 Å². The lowest BCUT2D eigenvalue weighted by atomic mass is 9.97. The fourth-order valence-electron chi connectivity index (χ4n) is 2.87. The summed E-state index contributed by atoms with van der Waals surface area (Å²) >= 11 is 0. The van der Waals surface area contributed by atoms with Crippen LogP contribution in [0.3, 0.4) is 0 Å². The number of fused-ring (bicyclic) bond motifs is 1. The van der Waals surface area contributed by atoms with Crippen LogP contribution in [0.1, 0.15) is 24.0 Å². The molecule has 0 spiro atoms. The maximum absolute atomic E-state index is 13.7. The van der Waals surface area contributed by atoms with Crippen LogP contribution in [0.2, 0.25) is 0 Å². The second-order valence-electron chi connectivity index (χ2n) is 5.88. The van der Waals surface area contributed by atoms with Gasteiger partial charge in [-0.15, -0.1) is 0 Å². The van der Waals surface area contributed by atoms with E-state index in [9.17, 15) is 4.39 Å². The zero-order valence-electron chi connectivity index (χ0n) is 11.9. The molecule has 2 aromatic rings. The molecule has 0 amide bonds. The first kappa shape index (κ1) is 12.8. The summed E-state index contributed by atoms with van der Waals surface area (Å²) in [6, 6.07) is 11.9. The Morgan fingerprint density at radius 2 is 2.05 bits per heavy atom. The Bertz CT molecular complexity index is 679. The van der Waals surface area contributed by atoms with E-state index in [1.807, 2.05) is 18.2 Å². The van der Waals surface area contributed by atoms with Crippen molar-refractivity contribution in [2.45, 2.75) is 31.8 Å². The van der Waals surface area contributed by atoms with Crippen molar-refractivity contribution in [2.24, 2.45) is 0 Å². The fourth-order valence-corrected chi connectivity index (χ4v) is 2.87. The van der Waals surface area contributed by atoms with Crippen LogP contribution in [0.5, 0.6) is 5.75 Å². The van der Waals surface area contributed by atoms with Crippen LogP contribution in [-0.4, -0.2) is 12.6 Å². The minimum absolute atomic E-state index is 0.183. The molecule has 3 heteroatoms. The van der Waals surface area contributed by atoms with Gasteiger partial charge in [-0.2, -0.15) is 0 Å². The Kier molecular flexibility index (Phi) is 3.15. The summed E-state index contributed by atoms with van der Waals surface area (Å²) in [4.78, 5) is 0. The lowest BCUT2D eigenvalue weighted by Gasteiger charge is -2.12. The van der Waals surface area contributed by atoms with Gasteiger partial charge < -0.3 is 10.1 Å². The third-order valence-electron chi connectivity index (χ3n) is 4.23. The molecule has 0 unspecified atom stereocenters. The monoisotopic (exact) mass is 283 g/mol. The van der Waals surface area contributed by atoms with E-state index < -0.39 is 0 Å². The van der Waals surface area contributed by atoms with Crippen molar-refractivity contribution in [2.75, 3.05) is 6.61 Å². The summed E-state index contributed by atoms with van der Waals surface area (Å²) in [6.07, 6.45) is 3.45. The van der Waals surface area contributed by atoms with Crippen LogP contribution in [0.25, 0.3) is 11.1 Å². The second-order valence-corrected chi connectivity index (χ2v) is 5.88. The molecule has 1 aliphatic carbocycles. The number of hydrogen-bond acceptors (Lipinski definition) is 2. The van der Waals surface area contributed by atoms with E-state index in [1.54, 1.807) is 12.1 Å². The average molecular weight is 283 g/mol. The quantitative estimate of drug-likeness (QED) is 0.924. The highest BCUT2D eigenvalue weighted by atomic mass is 19.1. The van der Waals surface area contributed by atoms with Crippen molar-refractivity contribution < 1.29 is 9.13 Å². The third kappa shape index (κ3) is 2.66. The second kappa shape index (κ2) is 5.15. The molecular formula is C18H18FNO.